The van der Waals surface area contributed by atoms with Crippen molar-refractivity contribution < 1.29 is 28.6 Å². The molecular formula is C34H39N3O6. The van der Waals surface area contributed by atoms with Gasteiger partial charge in [-0.25, -0.2) is 4.79 Å². The van der Waals surface area contributed by atoms with E-state index in [9.17, 15) is 14.4 Å². The monoisotopic (exact) mass is 585 g/mol. The minimum Gasteiger partial charge on any atom is -0.460 e. The average molecular weight is 586 g/mol. The summed E-state index contributed by atoms with van der Waals surface area (Å²) in [6.45, 7) is 8.27. The van der Waals surface area contributed by atoms with Crippen LogP contribution in [-0.2, 0) is 25.6 Å². The molecule has 2 aliphatic rings. The minimum atomic E-state index is -0.600. The van der Waals surface area contributed by atoms with Crippen molar-refractivity contribution in [2.24, 2.45) is 5.92 Å². The molecule has 9 heteroatoms. The van der Waals surface area contributed by atoms with Gasteiger partial charge in [-0.15, -0.1) is 0 Å². The van der Waals surface area contributed by atoms with Crippen LogP contribution in [0.25, 0.3) is 0 Å². The van der Waals surface area contributed by atoms with E-state index in [1.807, 2.05) is 81.4 Å². The van der Waals surface area contributed by atoms with Crippen molar-refractivity contribution in [1.29, 1.82) is 0 Å². The molecule has 3 aromatic carbocycles. The maximum atomic E-state index is 13.2. The number of nitrogens with one attached hydrogen (secondary N) is 2. The van der Waals surface area contributed by atoms with Crippen molar-refractivity contribution in [2.45, 2.75) is 51.7 Å². The van der Waals surface area contributed by atoms with Gasteiger partial charge in [0.1, 0.15) is 12.2 Å². The average Bonchev–Trinajstić information content (AvgIpc) is 3.75. The SMILES string of the molecule is CC(C)(C)OC(=O)CC1CC1c1ccc(NC(=O)c2ccc(N3CCOCC3)c(NC(=O)OCc3ccccc3)c2)cc1. The smallest absolute Gasteiger partial charge is 0.412 e. The Hall–Kier alpha value is -4.37. The number of rotatable bonds is 9. The molecule has 226 valence electrons. The molecule has 2 atom stereocenters. The van der Waals surface area contributed by atoms with Crippen molar-refractivity contribution in [3.63, 3.8) is 0 Å². The van der Waals surface area contributed by atoms with E-state index in [2.05, 4.69) is 15.5 Å². The molecule has 1 saturated heterocycles. The summed E-state index contributed by atoms with van der Waals surface area (Å²) >= 11 is 0. The summed E-state index contributed by atoms with van der Waals surface area (Å²) in [7, 11) is 0. The molecule has 1 aliphatic carbocycles. The summed E-state index contributed by atoms with van der Waals surface area (Å²) in [6.07, 6.45) is 0.762. The Bertz CT molecular complexity index is 1430. The van der Waals surface area contributed by atoms with E-state index in [4.69, 9.17) is 14.2 Å². The zero-order valence-electron chi connectivity index (χ0n) is 24.9. The van der Waals surface area contributed by atoms with Crippen molar-refractivity contribution in [1.82, 2.24) is 0 Å². The third-order valence-electron chi connectivity index (χ3n) is 7.43. The third-order valence-corrected chi connectivity index (χ3v) is 7.43. The van der Waals surface area contributed by atoms with Crippen LogP contribution in [0.4, 0.5) is 21.9 Å². The van der Waals surface area contributed by atoms with Gasteiger partial charge in [0.25, 0.3) is 5.91 Å². The molecule has 0 bridgehead atoms. The first-order chi connectivity index (χ1) is 20.6. The maximum absolute atomic E-state index is 13.2. The van der Waals surface area contributed by atoms with Crippen molar-refractivity contribution in [2.75, 3.05) is 41.8 Å². The normalized spacial score (nSPS) is 18.0. The first kappa shape index (κ1) is 30.1. The summed E-state index contributed by atoms with van der Waals surface area (Å²) in [5, 5.41) is 5.79. The van der Waals surface area contributed by atoms with Crippen LogP contribution in [0.1, 0.15) is 61.0 Å². The molecule has 9 nitrogen and oxygen atoms in total. The Morgan fingerprint density at radius 3 is 2.35 bits per heavy atom. The molecule has 1 aliphatic heterocycles. The molecule has 1 saturated carbocycles. The number of hydrogen-bond acceptors (Lipinski definition) is 7. The van der Waals surface area contributed by atoms with Gasteiger partial charge in [-0.05, 0) is 80.5 Å². The van der Waals surface area contributed by atoms with Crippen LogP contribution in [0.15, 0.2) is 72.8 Å². The number of carbonyl (C=O) groups excluding carboxylic acids is 3. The number of carbonyl (C=O) groups is 3. The van der Waals surface area contributed by atoms with E-state index in [1.165, 1.54) is 0 Å². The van der Waals surface area contributed by atoms with E-state index in [1.54, 1.807) is 12.1 Å². The number of anilines is 3. The summed E-state index contributed by atoms with van der Waals surface area (Å²) in [5.41, 5.74) is 3.89. The predicted octanol–water partition coefficient (Wildman–Crippen LogP) is 6.36. The lowest BCUT2D eigenvalue weighted by molar-refractivity contribution is -0.155. The van der Waals surface area contributed by atoms with Gasteiger partial charge in [0.2, 0.25) is 0 Å². The number of esters is 1. The number of amides is 2. The standard InChI is InChI=1S/C34H39N3O6/c1-34(2,3)43-31(38)21-26-19-28(26)24-9-12-27(13-10-24)35-32(39)25-11-14-30(37-15-17-41-18-16-37)29(20-25)36-33(40)42-22-23-7-5-4-6-8-23/h4-14,20,26,28H,15-19,21-22H2,1-3H3,(H,35,39)(H,36,40). The van der Waals surface area contributed by atoms with Gasteiger partial charge in [-0.1, -0.05) is 42.5 Å². The minimum absolute atomic E-state index is 0.137. The summed E-state index contributed by atoms with van der Waals surface area (Å²) < 4.78 is 16.4. The van der Waals surface area contributed by atoms with E-state index in [0.717, 1.165) is 23.2 Å². The van der Waals surface area contributed by atoms with Gasteiger partial charge in [0.05, 0.1) is 24.6 Å². The number of ether oxygens (including phenoxy) is 3. The maximum Gasteiger partial charge on any atom is 0.412 e. The highest BCUT2D eigenvalue weighted by Gasteiger charge is 2.40. The fraction of sp³-hybridized carbons (Fsp3) is 0.382. The highest BCUT2D eigenvalue weighted by molar-refractivity contribution is 6.06. The van der Waals surface area contributed by atoms with E-state index in [0.29, 0.717) is 55.6 Å². The number of hydrogen-bond donors (Lipinski definition) is 2. The Morgan fingerprint density at radius 1 is 0.930 bits per heavy atom. The van der Waals surface area contributed by atoms with Crippen LogP contribution < -0.4 is 15.5 Å². The third kappa shape index (κ3) is 8.58. The quantitative estimate of drug-likeness (QED) is 0.282. The summed E-state index contributed by atoms with van der Waals surface area (Å²) in [5.74, 6) is 0.142. The van der Waals surface area contributed by atoms with Crippen LogP contribution in [0, 0.1) is 5.92 Å². The van der Waals surface area contributed by atoms with Crippen LogP contribution >= 0.6 is 0 Å². The zero-order chi connectivity index (χ0) is 30.4. The molecular weight excluding hydrogens is 546 g/mol. The predicted molar refractivity (Wildman–Crippen MR) is 165 cm³/mol. The number of nitrogens with zero attached hydrogens (tertiary/aromatic N) is 1. The highest BCUT2D eigenvalue weighted by Crippen LogP contribution is 2.50. The van der Waals surface area contributed by atoms with Crippen LogP contribution in [0.2, 0.25) is 0 Å². The molecule has 2 amide bonds. The molecule has 2 fully saturated rings. The van der Waals surface area contributed by atoms with Gasteiger partial charge in [-0.3, -0.25) is 14.9 Å². The second-order valence-electron chi connectivity index (χ2n) is 12.0. The molecule has 0 aromatic heterocycles. The lowest BCUT2D eigenvalue weighted by Crippen LogP contribution is -2.37. The molecule has 1 heterocycles. The topological polar surface area (TPSA) is 106 Å². The van der Waals surface area contributed by atoms with Gasteiger partial charge >= 0.3 is 12.1 Å². The molecule has 43 heavy (non-hydrogen) atoms. The molecule has 5 rings (SSSR count). The summed E-state index contributed by atoms with van der Waals surface area (Å²) in [6, 6.07) is 22.4. The number of morpholine rings is 1. The fourth-order valence-electron chi connectivity index (χ4n) is 5.22. The lowest BCUT2D eigenvalue weighted by Gasteiger charge is -2.30. The largest absolute Gasteiger partial charge is 0.460 e. The molecule has 2 N–H and O–H groups in total. The van der Waals surface area contributed by atoms with Gasteiger partial charge in [-0.2, -0.15) is 0 Å². The lowest BCUT2D eigenvalue weighted by atomic mass is 10.1. The van der Waals surface area contributed by atoms with E-state index in [-0.39, 0.29) is 24.4 Å². The molecule has 2 unspecified atom stereocenters. The number of benzene rings is 3. The first-order valence-electron chi connectivity index (χ1n) is 14.7. The summed E-state index contributed by atoms with van der Waals surface area (Å²) in [4.78, 5) is 40.2. The second-order valence-corrected chi connectivity index (χ2v) is 12.0. The molecule has 0 radical (unpaired) electrons. The first-order valence-corrected chi connectivity index (χ1v) is 14.7. The van der Waals surface area contributed by atoms with Crippen molar-refractivity contribution in [3.8, 4) is 0 Å². The van der Waals surface area contributed by atoms with E-state index < -0.39 is 11.7 Å². The highest BCUT2D eigenvalue weighted by atomic mass is 16.6. The Kier molecular flexibility index (Phi) is 9.31. The second kappa shape index (κ2) is 13.3. The Morgan fingerprint density at radius 2 is 1.65 bits per heavy atom. The molecule has 3 aromatic rings. The Balaban J connectivity index is 1.22. The van der Waals surface area contributed by atoms with Gasteiger partial charge < -0.3 is 24.4 Å². The van der Waals surface area contributed by atoms with Gasteiger partial charge in [0.15, 0.2) is 0 Å². The zero-order valence-corrected chi connectivity index (χ0v) is 24.9. The molecule has 0 spiro atoms. The van der Waals surface area contributed by atoms with Crippen molar-refractivity contribution in [3.05, 3.63) is 89.5 Å². The Labute approximate surface area is 252 Å². The van der Waals surface area contributed by atoms with Gasteiger partial charge in [0, 0.05) is 30.8 Å². The van der Waals surface area contributed by atoms with E-state index >= 15 is 0 Å². The van der Waals surface area contributed by atoms with Crippen molar-refractivity contribution >= 4 is 35.0 Å². The van der Waals surface area contributed by atoms with Crippen LogP contribution in [0.3, 0.4) is 0 Å². The van der Waals surface area contributed by atoms with Crippen LogP contribution in [0.5, 0.6) is 0 Å². The fourth-order valence-corrected chi connectivity index (χ4v) is 5.22. The van der Waals surface area contributed by atoms with Crippen LogP contribution in [-0.4, -0.2) is 49.9 Å².